The molecule has 0 unspecified atom stereocenters. The van der Waals surface area contributed by atoms with Crippen molar-refractivity contribution in [2.75, 3.05) is 12.4 Å². The van der Waals surface area contributed by atoms with E-state index < -0.39 is 0 Å². The van der Waals surface area contributed by atoms with Gasteiger partial charge in [-0.05, 0) is 12.8 Å². The van der Waals surface area contributed by atoms with Crippen LogP contribution in [0.25, 0.3) is 11.5 Å². The molecule has 0 bridgehead atoms. The summed E-state index contributed by atoms with van der Waals surface area (Å²) in [7, 11) is 1.87. The van der Waals surface area contributed by atoms with Crippen LogP contribution in [0.2, 0.25) is 0 Å². The highest BCUT2D eigenvalue weighted by Crippen LogP contribution is 2.34. The zero-order chi connectivity index (χ0) is 12.4. The molecule has 1 fully saturated rings. The lowest BCUT2D eigenvalue weighted by Gasteiger charge is -2.11. The number of rotatable bonds is 3. The first kappa shape index (κ1) is 11.1. The Bertz CT molecular complexity index is 515. The zero-order valence-electron chi connectivity index (χ0n) is 10.3. The highest BCUT2D eigenvalue weighted by Gasteiger charge is 2.20. The first-order valence-corrected chi connectivity index (χ1v) is 6.29. The van der Waals surface area contributed by atoms with E-state index in [4.69, 9.17) is 0 Å². The van der Waals surface area contributed by atoms with Crippen LogP contribution in [-0.2, 0) is 0 Å². The molecular formula is C12H16N6. The summed E-state index contributed by atoms with van der Waals surface area (Å²) in [6.07, 6.45) is 6.68. The molecular weight excluding hydrogens is 228 g/mol. The predicted molar refractivity (Wildman–Crippen MR) is 68.2 cm³/mol. The van der Waals surface area contributed by atoms with Gasteiger partial charge in [0.2, 0.25) is 0 Å². The van der Waals surface area contributed by atoms with E-state index >= 15 is 0 Å². The molecule has 2 aromatic rings. The maximum Gasteiger partial charge on any atom is 0.183 e. The second kappa shape index (κ2) is 4.72. The van der Waals surface area contributed by atoms with Gasteiger partial charge in [-0.2, -0.15) is 15.4 Å². The summed E-state index contributed by atoms with van der Waals surface area (Å²) in [6.45, 7) is 0. The Balaban J connectivity index is 2.01. The normalized spacial score (nSPS) is 16.1. The minimum atomic E-state index is 0.561. The molecule has 1 saturated carbocycles. The van der Waals surface area contributed by atoms with Crippen molar-refractivity contribution in [1.82, 2.24) is 25.4 Å². The zero-order valence-corrected chi connectivity index (χ0v) is 10.3. The summed E-state index contributed by atoms with van der Waals surface area (Å²) in [5.74, 6) is 2.04. The van der Waals surface area contributed by atoms with Crippen molar-refractivity contribution >= 4 is 5.82 Å². The van der Waals surface area contributed by atoms with Gasteiger partial charge in [-0.1, -0.05) is 12.8 Å². The van der Waals surface area contributed by atoms with Gasteiger partial charge in [-0.15, -0.1) is 0 Å². The highest BCUT2D eigenvalue weighted by molar-refractivity contribution is 5.51. The summed E-state index contributed by atoms with van der Waals surface area (Å²) in [6, 6.07) is 2.04. The van der Waals surface area contributed by atoms with Gasteiger partial charge in [0.05, 0.1) is 6.20 Å². The van der Waals surface area contributed by atoms with E-state index in [1.165, 1.54) is 25.7 Å². The van der Waals surface area contributed by atoms with E-state index in [1.807, 2.05) is 13.1 Å². The number of nitrogens with zero attached hydrogens (tertiary/aromatic N) is 4. The fraction of sp³-hybridized carbons (Fsp3) is 0.500. The largest absolute Gasteiger partial charge is 0.373 e. The van der Waals surface area contributed by atoms with Gasteiger partial charge in [-0.25, -0.2) is 9.97 Å². The summed E-state index contributed by atoms with van der Waals surface area (Å²) in [5, 5.41) is 13.5. The fourth-order valence-corrected chi connectivity index (χ4v) is 2.45. The van der Waals surface area contributed by atoms with E-state index in [1.54, 1.807) is 6.20 Å². The van der Waals surface area contributed by atoms with E-state index in [2.05, 4.69) is 30.7 Å². The topological polar surface area (TPSA) is 79.4 Å². The molecule has 0 amide bonds. The first-order valence-electron chi connectivity index (χ1n) is 6.29. The van der Waals surface area contributed by atoms with E-state index in [0.29, 0.717) is 17.4 Å². The molecule has 2 N–H and O–H groups in total. The van der Waals surface area contributed by atoms with Crippen molar-refractivity contribution in [3.63, 3.8) is 0 Å². The van der Waals surface area contributed by atoms with Gasteiger partial charge in [0.1, 0.15) is 11.5 Å². The third-order valence-electron chi connectivity index (χ3n) is 3.42. The van der Waals surface area contributed by atoms with E-state index in [-0.39, 0.29) is 0 Å². The van der Waals surface area contributed by atoms with Crippen molar-refractivity contribution in [3.05, 3.63) is 18.0 Å². The Morgan fingerprint density at radius 3 is 2.78 bits per heavy atom. The molecule has 2 aromatic heterocycles. The van der Waals surface area contributed by atoms with Crippen LogP contribution in [0.5, 0.6) is 0 Å². The number of hydrogen-bond donors (Lipinski definition) is 2. The second-order valence-corrected chi connectivity index (χ2v) is 4.59. The van der Waals surface area contributed by atoms with Crippen LogP contribution in [0.15, 0.2) is 12.3 Å². The maximum atomic E-state index is 4.63. The molecule has 6 nitrogen and oxygen atoms in total. The van der Waals surface area contributed by atoms with E-state index in [0.717, 1.165) is 11.5 Å². The Morgan fingerprint density at radius 2 is 2.11 bits per heavy atom. The lowest BCUT2D eigenvalue weighted by molar-refractivity contribution is 0.695. The third kappa shape index (κ3) is 2.05. The number of anilines is 1. The van der Waals surface area contributed by atoms with Crippen molar-refractivity contribution in [2.45, 2.75) is 31.6 Å². The van der Waals surface area contributed by atoms with Crippen LogP contribution >= 0.6 is 0 Å². The van der Waals surface area contributed by atoms with Crippen LogP contribution in [0, 0.1) is 0 Å². The fourth-order valence-electron chi connectivity index (χ4n) is 2.45. The molecule has 0 aliphatic heterocycles. The molecule has 1 aliphatic carbocycles. The average molecular weight is 244 g/mol. The number of H-pyrrole nitrogens is 1. The molecule has 0 spiro atoms. The van der Waals surface area contributed by atoms with Crippen molar-refractivity contribution in [2.24, 2.45) is 0 Å². The summed E-state index contributed by atoms with van der Waals surface area (Å²) in [4.78, 5) is 9.05. The second-order valence-electron chi connectivity index (χ2n) is 4.59. The molecule has 0 radical (unpaired) electrons. The first-order chi connectivity index (χ1) is 8.86. The quantitative estimate of drug-likeness (QED) is 0.862. The molecule has 0 aromatic carbocycles. The van der Waals surface area contributed by atoms with Crippen LogP contribution < -0.4 is 5.32 Å². The summed E-state index contributed by atoms with van der Waals surface area (Å²) >= 11 is 0. The van der Waals surface area contributed by atoms with Gasteiger partial charge in [0.15, 0.2) is 5.82 Å². The minimum absolute atomic E-state index is 0.561. The summed E-state index contributed by atoms with van der Waals surface area (Å²) in [5.41, 5.74) is 1.80. The van der Waals surface area contributed by atoms with Crippen molar-refractivity contribution in [3.8, 4) is 11.5 Å². The van der Waals surface area contributed by atoms with Crippen LogP contribution in [0.1, 0.15) is 37.3 Å². The lowest BCUT2D eigenvalue weighted by Crippen LogP contribution is -2.04. The molecule has 18 heavy (non-hydrogen) atoms. The van der Waals surface area contributed by atoms with Gasteiger partial charge in [0.25, 0.3) is 0 Å². The Labute approximate surface area is 105 Å². The van der Waals surface area contributed by atoms with Crippen molar-refractivity contribution < 1.29 is 0 Å². The molecule has 0 saturated heterocycles. The smallest absolute Gasteiger partial charge is 0.183 e. The standard InChI is InChI=1S/C12H16N6/c1-13-11-6-9(8-4-2-3-5-8)15-12(16-11)10-7-14-18-17-10/h6-8H,2-5H2,1H3,(H,13,15,16)(H,14,17,18). The highest BCUT2D eigenvalue weighted by atomic mass is 15.3. The Morgan fingerprint density at radius 1 is 1.28 bits per heavy atom. The molecule has 1 aliphatic rings. The molecule has 0 atom stereocenters. The Hall–Kier alpha value is -1.98. The number of nitrogens with one attached hydrogen (secondary N) is 2. The third-order valence-corrected chi connectivity index (χ3v) is 3.42. The van der Waals surface area contributed by atoms with Gasteiger partial charge in [0, 0.05) is 24.7 Å². The molecule has 94 valence electrons. The van der Waals surface area contributed by atoms with Crippen molar-refractivity contribution in [1.29, 1.82) is 0 Å². The SMILES string of the molecule is CNc1cc(C2CCCC2)nc(-c2cn[nH]n2)n1. The Kier molecular flexibility index (Phi) is 2.92. The number of aromatic nitrogens is 5. The number of aromatic amines is 1. The van der Waals surface area contributed by atoms with Gasteiger partial charge >= 0.3 is 0 Å². The number of hydrogen-bond acceptors (Lipinski definition) is 5. The molecule has 2 heterocycles. The van der Waals surface area contributed by atoms with Crippen LogP contribution in [0.4, 0.5) is 5.82 Å². The van der Waals surface area contributed by atoms with Gasteiger partial charge in [-0.3, -0.25) is 0 Å². The molecule has 3 rings (SSSR count). The van der Waals surface area contributed by atoms with Crippen LogP contribution in [-0.4, -0.2) is 32.4 Å². The van der Waals surface area contributed by atoms with Gasteiger partial charge < -0.3 is 5.32 Å². The molecule has 6 heteroatoms. The minimum Gasteiger partial charge on any atom is -0.373 e. The van der Waals surface area contributed by atoms with E-state index in [9.17, 15) is 0 Å². The predicted octanol–water partition coefficient (Wildman–Crippen LogP) is 1.96. The lowest BCUT2D eigenvalue weighted by atomic mass is 10.0. The monoisotopic (exact) mass is 244 g/mol. The average Bonchev–Trinajstić information content (AvgIpc) is 3.10. The van der Waals surface area contributed by atoms with Crippen LogP contribution in [0.3, 0.4) is 0 Å². The summed E-state index contributed by atoms with van der Waals surface area (Å²) < 4.78 is 0. The maximum absolute atomic E-state index is 4.63.